The zero-order valence-electron chi connectivity index (χ0n) is 27.1. The van der Waals surface area contributed by atoms with Gasteiger partial charge in [0.2, 0.25) is 11.3 Å². The first kappa shape index (κ1) is 39.1. The minimum absolute atomic E-state index is 0.0260. The van der Waals surface area contributed by atoms with E-state index in [1.54, 1.807) is 0 Å². The summed E-state index contributed by atoms with van der Waals surface area (Å²) in [5, 5.41) is 2.24. The number of quaternary nitrogens is 1. The Labute approximate surface area is 244 Å². The van der Waals surface area contributed by atoms with E-state index >= 15 is 0 Å². The molecule has 1 unspecified atom stereocenters. The summed E-state index contributed by atoms with van der Waals surface area (Å²) in [6, 6.07) is 0.700. The number of unbranched alkanes of at least 4 members (excludes halogenated alkanes) is 3. The molecule has 9 nitrogen and oxygen atoms in total. The van der Waals surface area contributed by atoms with Gasteiger partial charge >= 0.3 is 18.9 Å². The van der Waals surface area contributed by atoms with E-state index in [2.05, 4.69) is 64.2 Å². The summed E-state index contributed by atoms with van der Waals surface area (Å²) >= 11 is 0. The van der Waals surface area contributed by atoms with Crippen LogP contribution in [-0.4, -0.2) is 89.7 Å². The number of hydrogen-bond donors (Lipinski definition) is 2. The van der Waals surface area contributed by atoms with Gasteiger partial charge in [-0.1, -0.05) is 13.3 Å². The first-order chi connectivity index (χ1) is 17.4. The van der Waals surface area contributed by atoms with Crippen LogP contribution in [0.25, 0.3) is 0 Å². The van der Waals surface area contributed by atoms with Crippen molar-refractivity contribution in [1.29, 1.82) is 0 Å². The minimum atomic E-state index is -4.11. The quantitative estimate of drug-likeness (QED) is 0.0679. The molecular formula is C25H61N2O7SSi4+. The van der Waals surface area contributed by atoms with E-state index in [0.29, 0.717) is 32.0 Å². The van der Waals surface area contributed by atoms with E-state index in [4.69, 9.17) is 12.3 Å². The maximum atomic E-state index is 12.5. The smallest absolute Gasteiger partial charge is 0.417 e. The number of nitrogens with one attached hydrogen (secondary N) is 1. The van der Waals surface area contributed by atoms with E-state index in [1.807, 2.05) is 21.0 Å². The predicted molar refractivity (Wildman–Crippen MR) is 172 cm³/mol. The van der Waals surface area contributed by atoms with Gasteiger partial charge in [-0.25, -0.2) is 0 Å². The average Bonchev–Trinajstić information content (AvgIpc) is 2.66. The van der Waals surface area contributed by atoms with Crippen LogP contribution in [0.15, 0.2) is 0 Å². The Balaban J connectivity index is 4.81. The second-order valence-electron chi connectivity index (χ2n) is 14.2. The number of carbonyl (C=O) groups is 1. The molecule has 0 aliphatic heterocycles. The maximum absolute atomic E-state index is 12.5. The predicted octanol–water partition coefficient (Wildman–Crippen LogP) is 6.03. The first-order valence-corrected chi connectivity index (χ1v) is 28.2. The third-order valence-electron chi connectivity index (χ3n) is 5.93. The third kappa shape index (κ3) is 19.0. The second-order valence-corrected chi connectivity index (χ2v) is 32.8. The molecule has 1 amide bonds. The molecule has 0 bridgehead atoms. The molecule has 0 saturated carbocycles. The molecule has 2 N–H and O–H groups in total. The largest absolute Gasteiger partial charge is 0.469 e. The molecule has 0 aromatic carbocycles. The van der Waals surface area contributed by atoms with Crippen LogP contribution in [-0.2, 0) is 27.3 Å². The molecule has 1 atom stereocenters. The molecule has 0 heterocycles. The van der Waals surface area contributed by atoms with Crippen molar-refractivity contribution < 1.29 is 34.6 Å². The Morgan fingerprint density at radius 3 is 1.72 bits per heavy atom. The lowest BCUT2D eigenvalue weighted by atomic mass is 10.1. The highest BCUT2D eigenvalue weighted by Crippen LogP contribution is 2.29. The van der Waals surface area contributed by atoms with Gasteiger partial charge in [0.05, 0.1) is 20.6 Å². The van der Waals surface area contributed by atoms with Crippen molar-refractivity contribution in [2.75, 3.05) is 27.2 Å². The lowest BCUT2D eigenvalue weighted by Gasteiger charge is -2.43. The van der Waals surface area contributed by atoms with E-state index in [0.717, 1.165) is 38.5 Å². The zero-order chi connectivity index (χ0) is 30.8. The Kier molecular flexibility index (Phi) is 16.1. The van der Waals surface area contributed by atoms with Gasteiger partial charge in [0.1, 0.15) is 0 Å². The van der Waals surface area contributed by atoms with Crippen molar-refractivity contribution in [1.82, 2.24) is 5.32 Å². The van der Waals surface area contributed by atoms with Crippen LogP contribution < -0.4 is 5.32 Å². The Hall–Kier alpha value is 0.0875. The average molecular weight is 646 g/mol. The van der Waals surface area contributed by atoms with Crippen LogP contribution in [0.5, 0.6) is 0 Å². The van der Waals surface area contributed by atoms with Gasteiger partial charge in [0, 0.05) is 25.4 Å². The molecule has 0 fully saturated rings. The van der Waals surface area contributed by atoms with Crippen LogP contribution >= 0.6 is 0 Å². The molecule has 0 saturated heterocycles. The fourth-order valence-electron chi connectivity index (χ4n) is 4.60. The molecule has 39 heavy (non-hydrogen) atoms. The monoisotopic (exact) mass is 645 g/mol. The molecule has 0 aliphatic carbocycles. The summed E-state index contributed by atoms with van der Waals surface area (Å²) in [5.41, 5.74) is 0. The molecule has 0 aromatic heterocycles. The number of rotatable bonds is 21. The topological polar surface area (TPSA) is 111 Å². The van der Waals surface area contributed by atoms with Crippen LogP contribution in [0.3, 0.4) is 0 Å². The lowest BCUT2D eigenvalue weighted by molar-refractivity contribution is -0.902. The fourth-order valence-corrected chi connectivity index (χ4v) is 20.5. The summed E-state index contributed by atoms with van der Waals surface area (Å²) in [5.74, 6) is 0.0260. The van der Waals surface area contributed by atoms with Gasteiger partial charge in [0.15, 0.2) is 25.0 Å². The minimum Gasteiger partial charge on any atom is -0.417 e. The number of nitrogens with zero attached hydrogens (tertiary/aromatic N) is 1. The van der Waals surface area contributed by atoms with Crippen LogP contribution in [0.2, 0.25) is 65.0 Å². The van der Waals surface area contributed by atoms with E-state index in [1.165, 1.54) is 0 Å². The lowest BCUT2D eigenvalue weighted by Crippen LogP contribution is -2.60. The van der Waals surface area contributed by atoms with Gasteiger partial charge in [0.25, 0.3) is 0 Å². The van der Waals surface area contributed by atoms with Gasteiger partial charge < -0.3 is 22.1 Å². The summed E-state index contributed by atoms with van der Waals surface area (Å²) in [6.45, 7) is 22.8. The molecule has 0 rings (SSSR count). The molecule has 14 heteroatoms. The molecular weight excluding hydrogens is 585 g/mol. The van der Waals surface area contributed by atoms with E-state index in [9.17, 15) is 17.8 Å². The molecule has 0 aromatic rings. The standard InChI is InChI=1S/C25H60N2O7SSi4/c1-13-14-20-25(35(29,30)31)27(2,3)22-17-15-16-19-24(28)26-21-18-23-39(32-36(4,5)6,33-37(7,8)9)34-38(10,11)12/h25H,13-23H2,1-12H3,(H-,26,28,29,30,31)/p+1. The zero-order valence-corrected chi connectivity index (χ0v) is 31.9. The Morgan fingerprint density at radius 1 is 0.821 bits per heavy atom. The van der Waals surface area contributed by atoms with Crippen molar-refractivity contribution in [3.8, 4) is 0 Å². The number of carbonyl (C=O) groups excluding carboxylic acids is 1. The maximum Gasteiger partial charge on any atom is 0.469 e. The Bertz CT molecular complexity index is 798. The second kappa shape index (κ2) is 16.1. The van der Waals surface area contributed by atoms with Crippen LogP contribution in [0.1, 0.15) is 58.3 Å². The third-order valence-corrected chi connectivity index (χ3v) is 19.5. The van der Waals surface area contributed by atoms with E-state index in [-0.39, 0.29) is 10.4 Å². The number of amides is 1. The van der Waals surface area contributed by atoms with E-state index < -0.39 is 49.2 Å². The van der Waals surface area contributed by atoms with Gasteiger partial charge in [-0.05, 0) is 91.0 Å². The molecule has 0 spiro atoms. The first-order valence-electron chi connectivity index (χ1n) is 14.6. The van der Waals surface area contributed by atoms with Gasteiger partial charge in [-0.3, -0.25) is 9.35 Å². The van der Waals surface area contributed by atoms with Crippen LogP contribution in [0.4, 0.5) is 0 Å². The SMILES string of the molecule is CCCCC([N+](C)(C)CCCCCC(=O)NCCC[Si](O[Si](C)(C)C)(O[Si](C)(C)C)O[Si](C)(C)C)S(=O)(=O)O. The highest BCUT2D eigenvalue weighted by Gasteiger charge is 2.49. The highest BCUT2D eigenvalue weighted by molar-refractivity contribution is 7.86. The Morgan fingerprint density at radius 2 is 1.31 bits per heavy atom. The summed E-state index contributed by atoms with van der Waals surface area (Å²) < 4.78 is 53.9. The number of hydrogen-bond acceptors (Lipinski definition) is 6. The fraction of sp³-hybridized carbons (Fsp3) is 0.960. The van der Waals surface area contributed by atoms with Crippen molar-refractivity contribution >= 4 is 49.8 Å². The summed E-state index contributed by atoms with van der Waals surface area (Å²) in [6.07, 6.45) is 5.64. The van der Waals surface area contributed by atoms with Crippen molar-refractivity contribution in [3.63, 3.8) is 0 Å². The van der Waals surface area contributed by atoms with Crippen molar-refractivity contribution in [2.45, 2.75) is 129 Å². The van der Waals surface area contributed by atoms with Crippen molar-refractivity contribution in [2.24, 2.45) is 0 Å². The van der Waals surface area contributed by atoms with Gasteiger partial charge in [-0.2, -0.15) is 8.42 Å². The molecule has 0 radical (unpaired) electrons. The molecule has 0 aliphatic rings. The van der Waals surface area contributed by atoms with Gasteiger partial charge in [-0.15, -0.1) is 0 Å². The highest BCUT2D eigenvalue weighted by atomic mass is 32.2. The molecule has 234 valence electrons. The van der Waals surface area contributed by atoms with Crippen molar-refractivity contribution in [3.05, 3.63) is 0 Å². The normalized spacial score (nSPS) is 14.9. The summed E-state index contributed by atoms with van der Waals surface area (Å²) in [4.78, 5) is 12.5. The summed E-state index contributed by atoms with van der Waals surface area (Å²) in [7, 11) is -9.05. The van der Waals surface area contributed by atoms with Crippen LogP contribution in [0, 0.1) is 0 Å².